The van der Waals surface area contributed by atoms with Gasteiger partial charge >= 0.3 is 0 Å². The smallest absolute Gasteiger partial charge is 0.0961 e. The van der Waals surface area contributed by atoms with E-state index in [-0.39, 0.29) is 32.2 Å². The maximum Gasteiger partial charge on any atom is 0.0961 e. The van der Waals surface area contributed by atoms with Gasteiger partial charge in [-0.25, -0.2) is 15.6 Å². The Morgan fingerprint density at radius 3 is 1.69 bits per heavy atom. The molecule has 0 aliphatic carbocycles. The molecule has 0 spiro atoms. The summed E-state index contributed by atoms with van der Waals surface area (Å²) in [7, 11) is 1.87. The summed E-state index contributed by atoms with van der Waals surface area (Å²) in [6.45, 7) is 23.4. The molecule has 259 valence electrons. The first-order valence-corrected chi connectivity index (χ1v) is 16.4. The fourth-order valence-electron chi connectivity index (χ4n) is 5.37. The second-order valence-electron chi connectivity index (χ2n) is 12.5. The van der Waals surface area contributed by atoms with Crippen LogP contribution < -0.4 is 14.5 Å². The standard InChI is InChI=1S/C26H30N4.C11H17N6.Ir/c1-21-23(3)29(25-13-7-5-8-14-25)19-27(21)17-11-12-18-28-20-30(24(4)22(28)2)26-15-9-6-10-16-26;1-8(2)16-6-10(12-13-16)11-7-17(9(3)4)14-15(11)5;/h5-10,13,15,19-20H,11-12,17-18H2,1-4H3;8-9H,1-5H3;/q-4;-1;. The van der Waals surface area contributed by atoms with E-state index in [2.05, 4.69) is 139 Å². The molecule has 2 aliphatic rings. The number of allylic oxidation sites excluding steroid dienone is 4. The van der Waals surface area contributed by atoms with Crippen LogP contribution in [0.25, 0.3) is 11.4 Å². The molecule has 0 saturated carbocycles. The van der Waals surface area contributed by atoms with Gasteiger partial charge in [0.2, 0.25) is 0 Å². The van der Waals surface area contributed by atoms with Crippen molar-refractivity contribution in [1.82, 2.24) is 34.7 Å². The Bertz CT molecular complexity index is 1590. The molecule has 10 nitrogen and oxygen atoms in total. The van der Waals surface area contributed by atoms with Gasteiger partial charge in [-0.3, -0.25) is 5.10 Å². The van der Waals surface area contributed by atoms with Crippen LogP contribution in [0.1, 0.15) is 80.3 Å². The molecule has 6 rings (SSSR count). The van der Waals surface area contributed by atoms with Crippen molar-refractivity contribution in [2.75, 3.05) is 22.9 Å². The third-order valence-corrected chi connectivity index (χ3v) is 8.53. The predicted octanol–water partition coefficient (Wildman–Crippen LogP) is 6.48. The van der Waals surface area contributed by atoms with Gasteiger partial charge in [0.05, 0.1) is 13.1 Å². The normalized spacial score (nSPS) is 14.8. The van der Waals surface area contributed by atoms with E-state index in [0.717, 1.165) is 43.0 Å². The van der Waals surface area contributed by atoms with E-state index in [9.17, 15) is 0 Å². The summed E-state index contributed by atoms with van der Waals surface area (Å²) >= 11 is 0. The maximum absolute atomic E-state index is 4.32. The molecule has 0 unspecified atom stereocenters. The quantitative estimate of drug-likeness (QED) is 0.103. The zero-order valence-electron chi connectivity index (χ0n) is 29.6. The van der Waals surface area contributed by atoms with E-state index in [1.165, 1.54) is 22.8 Å². The van der Waals surface area contributed by atoms with E-state index < -0.39 is 0 Å². The summed E-state index contributed by atoms with van der Waals surface area (Å²) in [5, 5.41) is 12.4. The number of hydrogen-bond donors (Lipinski definition) is 0. The van der Waals surface area contributed by atoms with Gasteiger partial charge in [0.25, 0.3) is 0 Å². The van der Waals surface area contributed by atoms with Crippen LogP contribution in [-0.2, 0) is 27.2 Å². The maximum atomic E-state index is 4.32. The predicted molar refractivity (Wildman–Crippen MR) is 184 cm³/mol. The number of benzene rings is 2. The number of unbranched alkanes of at least 4 members (excludes halogenated alkanes) is 1. The van der Waals surface area contributed by atoms with Gasteiger partial charge in [-0.2, -0.15) is 79.7 Å². The van der Waals surface area contributed by atoms with Gasteiger partial charge < -0.3 is 24.3 Å². The summed E-state index contributed by atoms with van der Waals surface area (Å²) in [5.74, 6) is 0. The minimum atomic E-state index is 0. The molecular weight excluding hydrogens is 777 g/mol. The monoisotopic (exact) mass is 824 g/mol. The molecule has 0 N–H and O–H groups in total. The molecule has 1 radical (unpaired) electrons. The summed E-state index contributed by atoms with van der Waals surface area (Å²) in [6, 6.07) is 23.5. The van der Waals surface area contributed by atoms with Crippen LogP contribution in [0.15, 0.2) is 71.3 Å². The Kier molecular flexibility index (Phi) is 12.6. The largest absolute Gasteiger partial charge is 0.505 e. The molecule has 2 aliphatic heterocycles. The average Bonchev–Trinajstić information content (AvgIpc) is 3.84. The van der Waals surface area contributed by atoms with Gasteiger partial charge in [-0.1, -0.05) is 11.9 Å². The van der Waals surface area contributed by atoms with Crippen molar-refractivity contribution < 1.29 is 24.8 Å². The van der Waals surface area contributed by atoms with Crippen LogP contribution in [0.3, 0.4) is 0 Å². The van der Waals surface area contributed by atoms with Crippen molar-refractivity contribution in [1.29, 1.82) is 0 Å². The van der Waals surface area contributed by atoms with Crippen LogP contribution >= 0.6 is 0 Å². The Hall–Kier alpha value is -3.95. The number of aromatic nitrogens is 6. The number of rotatable bonds is 10. The molecule has 0 bridgehead atoms. The Labute approximate surface area is 300 Å². The summed E-state index contributed by atoms with van der Waals surface area (Å²) in [6.07, 6.45) is 8.56. The second kappa shape index (κ2) is 16.4. The Morgan fingerprint density at radius 2 is 1.29 bits per heavy atom. The first kappa shape index (κ1) is 36.9. The van der Waals surface area contributed by atoms with Crippen LogP contribution in [0, 0.1) is 37.9 Å². The Morgan fingerprint density at radius 1 is 0.771 bits per heavy atom. The number of anilines is 2. The van der Waals surface area contributed by atoms with Crippen molar-refractivity contribution in [3.63, 3.8) is 0 Å². The van der Waals surface area contributed by atoms with Crippen molar-refractivity contribution in [2.45, 2.75) is 80.3 Å². The first-order valence-electron chi connectivity index (χ1n) is 16.4. The number of para-hydroxylation sites is 2. The zero-order chi connectivity index (χ0) is 33.7. The fraction of sp³-hybridized carbons (Fsp3) is 0.405. The van der Waals surface area contributed by atoms with Gasteiger partial charge in [-0.05, 0) is 92.7 Å². The van der Waals surface area contributed by atoms with Crippen molar-refractivity contribution in [2.24, 2.45) is 7.05 Å². The van der Waals surface area contributed by atoms with Crippen molar-refractivity contribution in [3.05, 3.63) is 109 Å². The van der Waals surface area contributed by atoms with Crippen molar-refractivity contribution >= 4 is 11.4 Å². The molecule has 0 saturated heterocycles. The van der Waals surface area contributed by atoms with Crippen molar-refractivity contribution in [3.8, 4) is 11.4 Å². The molecule has 2 aromatic carbocycles. The minimum absolute atomic E-state index is 0. The molecule has 0 atom stereocenters. The molecule has 0 amide bonds. The first-order chi connectivity index (χ1) is 22.5. The van der Waals surface area contributed by atoms with Gasteiger partial charge in [-0.15, -0.1) is 16.6 Å². The topological polar surface area (TPSA) is 65.4 Å². The van der Waals surface area contributed by atoms with E-state index in [1.54, 1.807) is 14.0 Å². The Balaban J connectivity index is 0.000000246. The van der Waals surface area contributed by atoms with Crippen LogP contribution in [0.5, 0.6) is 0 Å². The molecule has 48 heavy (non-hydrogen) atoms. The molecule has 0 fully saturated rings. The molecule has 2 aromatic heterocycles. The zero-order valence-corrected chi connectivity index (χ0v) is 32.0. The number of hydrogen-bond acceptors (Lipinski definition) is 7. The summed E-state index contributed by atoms with van der Waals surface area (Å²) in [4.78, 5) is 9.19. The summed E-state index contributed by atoms with van der Waals surface area (Å²) < 4.78 is 5.22. The second-order valence-corrected chi connectivity index (χ2v) is 12.5. The third kappa shape index (κ3) is 8.36. The number of aryl methyl sites for hydroxylation is 1. The molecule has 11 heteroatoms. The SMILES string of the molecule is CC(C)n1[c-]c(-c2[c-][n+](C(C)C)nn2C)nn1.CC1=C(C)N(c2[c-]cccc2)[CH-]N1CCCCN1[CH-]N(c2[c-]cccc2)C(C)=C1C.[Ir]. The van der Waals surface area contributed by atoms with Crippen LogP contribution in [0.2, 0.25) is 0 Å². The summed E-state index contributed by atoms with van der Waals surface area (Å²) in [5.41, 5.74) is 8.84. The van der Waals surface area contributed by atoms with Crippen LogP contribution in [-0.4, -0.2) is 47.8 Å². The fourth-order valence-corrected chi connectivity index (χ4v) is 5.37. The van der Waals surface area contributed by atoms with E-state index in [4.69, 9.17) is 0 Å². The van der Waals surface area contributed by atoms with Gasteiger partial charge in [0.15, 0.2) is 0 Å². The van der Waals surface area contributed by atoms with E-state index >= 15 is 0 Å². The number of nitrogens with zero attached hydrogens (tertiary/aromatic N) is 10. The average molecular weight is 824 g/mol. The van der Waals surface area contributed by atoms with Gasteiger partial charge in [0, 0.05) is 42.8 Å². The molecule has 4 aromatic rings. The molecular formula is C37H47IrN10-5. The third-order valence-electron chi connectivity index (χ3n) is 8.53. The van der Waals surface area contributed by atoms with Crippen LogP contribution in [0.4, 0.5) is 11.4 Å². The van der Waals surface area contributed by atoms with Gasteiger partial charge in [0.1, 0.15) is 0 Å². The van der Waals surface area contributed by atoms with E-state index in [0.29, 0.717) is 5.69 Å². The van der Waals surface area contributed by atoms with E-state index in [1.807, 2.05) is 45.2 Å². The molecule has 4 heterocycles. The minimum Gasteiger partial charge on any atom is -0.505 e.